The van der Waals surface area contributed by atoms with E-state index in [4.69, 9.17) is 0 Å². The Kier molecular flexibility index (Phi) is 4.81. The van der Waals surface area contributed by atoms with E-state index < -0.39 is 0 Å². The van der Waals surface area contributed by atoms with Gasteiger partial charge in [0.1, 0.15) is 0 Å². The highest BCUT2D eigenvalue weighted by molar-refractivity contribution is 7.12. The molecule has 1 aliphatic carbocycles. The van der Waals surface area contributed by atoms with Crippen LogP contribution in [0.25, 0.3) is 0 Å². The summed E-state index contributed by atoms with van der Waals surface area (Å²) in [5.41, 5.74) is 1.61. The van der Waals surface area contributed by atoms with Crippen molar-refractivity contribution in [3.63, 3.8) is 0 Å². The van der Waals surface area contributed by atoms with E-state index in [1.54, 1.807) is 5.57 Å². The number of nitrogens with one attached hydrogen (secondary N) is 1. The summed E-state index contributed by atoms with van der Waals surface area (Å²) < 4.78 is 0. The normalized spacial score (nSPS) is 17.9. The minimum atomic E-state index is 0.477. The third-order valence-corrected chi connectivity index (χ3v) is 4.71. The second-order valence-electron chi connectivity index (χ2n) is 4.67. The average molecular weight is 249 g/mol. The number of aryl methyl sites for hydroxylation is 1. The number of hydrogen-bond donors (Lipinski definition) is 1. The van der Waals surface area contributed by atoms with Crippen molar-refractivity contribution in [1.82, 2.24) is 5.32 Å². The number of thiophene rings is 1. The Morgan fingerprint density at radius 2 is 2.18 bits per heavy atom. The third-order valence-electron chi connectivity index (χ3n) is 3.42. The number of allylic oxidation sites excluding steroid dienone is 1. The molecule has 1 heterocycles. The Hall–Kier alpha value is -0.600. The largest absolute Gasteiger partial charge is 0.306 e. The first-order valence-corrected chi connectivity index (χ1v) is 7.67. The molecular formula is C15H23NS. The zero-order valence-electron chi connectivity index (χ0n) is 11.0. The molecule has 0 fully saturated rings. The SMILES string of the molecule is CCNC(C1=CCCCC1)c1ccc(CC)s1. The van der Waals surface area contributed by atoms with Gasteiger partial charge in [0.15, 0.2) is 0 Å². The molecule has 2 rings (SSSR count). The lowest BCUT2D eigenvalue weighted by atomic mass is 9.93. The Morgan fingerprint density at radius 3 is 2.76 bits per heavy atom. The molecule has 0 aliphatic heterocycles. The van der Waals surface area contributed by atoms with Crippen molar-refractivity contribution in [2.24, 2.45) is 0 Å². The van der Waals surface area contributed by atoms with Gasteiger partial charge in [0, 0.05) is 9.75 Å². The third kappa shape index (κ3) is 3.20. The lowest BCUT2D eigenvalue weighted by molar-refractivity contribution is 0.570. The maximum atomic E-state index is 3.65. The summed E-state index contributed by atoms with van der Waals surface area (Å²) in [6.45, 7) is 5.48. The predicted octanol–water partition coefficient (Wildman–Crippen LogP) is 4.46. The van der Waals surface area contributed by atoms with E-state index in [0.717, 1.165) is 13.0 Å². The molecule has 1 aromatic heterocycles. The summed E-state index contributed by atoms with van der Waals surface area (Å²) in [4.78, 5) is 3.00. The van der Waals surface area contributed by atoms with Crippen molar-refractivity contribution in [2.45, 2.75) is 52.0 Å². The molecule has 2 heteroatoms. The quantitative estimate of drug-likeness (QED) is 0.760. The van der Waals surface area contributed by atoms with Crippen LogP contribution in [0.1, 0.15) is 55.3 Å². The smallest absolute Gasteiger partial charge is 0.0630 e. The Labute approximate surface area is 109 Å². The highest BCUT2D eigenvalue weighted by Gasteiger charge is 2.18. The van der Waals surface area contributed by atoms with Crippen molar-refractivity contribution >= 4 is 11.3 Å². The van der Waals surface area contributed by atoms with Gasteiger partial charge in [-0.25, -0.2) is 0 Å². The topological polar surface area (TPSA) is 12.0 Å². The highest BCUT2D eigenvalue weighted by Crippen LogP contribution is 2.33. The van der Waals surface area contributed by atoms with E-state index in [9.17, 15) is 0 Å². The molecule has 94 valence electrons. The lowest BCUT2D eigenvalue weighted by Gasteiger charge is -2.23. The lowest BCUT2D eigenvalue weighted by Crippen LogP contribution is -2.22. The molecule has 0 aromatic carbocycles. The number of rotatable bonds is 5. The maximum absolute atomic E-state index is 3.65. The van der Waals surface area contributed by atoms with E-state index >= 15 is 0 Å². The summed E-state index contributed by atoms with van der Waals surface area (Å²) in [5.74, 6) is 0. The van der Waals surface area contributed by atoms with Gasteiger partial charge < -0.3 is 5.32 Å². The molecule has 17 heavy (non-hydrogen) atoms. The molecule has 0 spiro atoms. The van der Waals surface area contributed by atoms with E-state index in [1.165, 1.54) is 35.4 Å². The minimum absolute atomic E-state index is 0.477. The first kappa shape index (κ1) is 12.8. The van der Waals surface area contributed by atoms with Gasteiger partial charge in [0.05, 0.1) is 6.04 Å². The molecule has 1 nitrogen and oxygen atoms in total. The fourth-order valence-corrected chi connectivity index (χ4v) is 3.56. The Bertz CT molecular complexity index is 378. The maximum Gasteiger partial charge on any atom is 0.0630 e. The highest BCUT2D eigenvalue weighted by atomic mass is 32.1. The predicted molar refractivity (Wildman–Crippen MR) is 76.7 cm³/mol. The van der Waals surface area contributed by atoms with Gasteiger partial charge in [-0.3, -0.25) is 0 Å². The van der Waals surface area contributed by atoms with Crippen LogP contribution < -0.4 is 5.32 Å². The van der Waals surface area contributed by atoms with E-state index in [2.05, 4.69) is 37.4 Å². The van der Waals surface area contributed by atoms with Gasteiger partial charge in [-0.1, -0.05) is 25.5 Å². The zero-order chi connectivity index (χ0) is 12.1. The number of likely N-dealkylation sites (N-methyl/N-ethyl adjacent to an activating group) is 1. The Balaban J connectivity index is 2.18. The first-order valence-electron chi connectivity index (χ1n) is 6.86. The van der Waals surface area contributed by atoms with Crippen LogP contribution in [0.3, 0.4) is 0 Å². The zero-order valence-corrected chi connectivity index (χ0v) is 11.8. The van der Waals surface area contributed by atoms with Gasteiger partial charge in [0.25, 0.3) is 0 Å². The minimum Gasteiger partial charge on any atom is -0.306 e. The van der Waals surface area contributed by atoms with Crippen LogP contribution in [-0.2, 0) is 6.42 Å². The molecule has 0 amide bonds. The van der Waals surface area contributed by atoms with Crippen molar-refractivity contribution in [1.29, 1.82) is 0 Å². The van der Waals surface area contributed by atoms with Crippen LogP contribution in [-0.4, -0.2) is 6.54 Å². The summed E-state index contributed by atoms with van der Waals surface area (Å²) in [6, 6.07) is 5.07. The molecular weight excluding hydrogens is 226 g/mol. The van der Waals surface area contributed by atoms with Gasteiger partial charge >= 0.3 is 0 Å². The van der Waals surface area contributed by atoms with Crippen LogP contribution >= 0.6 is 11.3 Å². The van der Waals surface area contributed by atoms with E-state index in [-0.39, 0.29) is 0 Å². The second-order valence-corrected chi connectivity index (χ2v) is 5.87. The first-order chi connectivity index (χ1) is 8.35. The van der Waals surface area contributed by atoms with E-state index in [1.807, 2.05) is 11.3 Å². The summed E-state index contributed by atoms with van der Waals surface area (Å²) >= 11 is 1.97. The second kappa shape index (κ2) is 6.36. The standard InChI is InChI=1S/C15H23NS/c1-3-13-10-11-14(17-13)15(16-4-2)12-8-6-5-7-9-12/h8,10-11,15-16H,3-7,9H2,1-2H3. The molecule has 0 saturated carbocycles. The molecule has 0 radical (unpaired) electrons. The van der Waals surface area contributed by atoms with Gasteiger partial charge in [-0.05, 0) is 50.8 Å². The monoisotopic (exact) mass is 249 g/mol. The molecule has 1 aliphatic rings. The van der Waals surface area contributed by atoms with Crippen LogP contribution in [0.2, 0.25) is 0 Å². The van der Waals surface area contributed by atoms with Crippen LogP contribution in [0.15, 0.2) is 23.8 Å². The van der Waals surface area contributed by atoms with Crippen LogP contribution in [0.4, 0.5) is 0 Å². The summed E-state index contributed by atoms with van der Waals surface area (Å²) in [7, 11) is 0. The van der Waals surface area contributed by atoms with Crippen LogP contribution in [0, 0.1) is 0 Å². The van der Waals surface area contributed by atoms with Gasteiger partial charge in [0.2, 0.25) is 0 Å². The summed E-state index contributed by atoms with van der Waals surface area (Å²) in [6.07, 6.45) is 8.89. The molecule has 1 N–H and O–H groups in total. The van der Waals surface area contributed by atoms with Gasteiger partial charge in [-0.15, -0.1) is 11.3 Å². The summed E-state index contributed by atoms with van der Waals surface area (Å²) in [5, 5.41) is 3.65. The van der Waals surface area contributed by atoms with Crippen molar-refractivity contribution in [2.75, 3.05) is 6.54 Å². The molecule has 1 unspecified atom stereocenters. The fourth-order valence-electron chi connectivity index (χ4n) is 2.48. The van der Waals surface area contributed by atoms with Crippen molar-refractivity contribution < 1.29 is 0 Å². The van der Waals surface area contributed by atoms with Crippen LogP contribution in [0.5, 0.6) is 0 Å². The van der Waals surface area contributed by atoms with Gasteiger partial charge in [-0.2, -0.15) is 0 Å². The molecule has 0 bridgehead atoms. The molecule has 1 atom stereocenters. The fraction of sp³-hybridized carbons (Fsp3) is 0.600. The Morgan fingerprint density at radius 1 is 1.29 bits per heavy atom. The van der Waals surface area contributed by atoms with E-state index in [0.29, 0.717) is 6.04 Å². The number of hydrogen-bond acceptors (Lipinski definition) is 2. The van der Waals surface area contributed by atoms with Crippen molar-refractivity contribution in [3.8, 4) is 0 Å². The average Bonchev–Trinajstić information content (AvgIpc) is 2.85. The molecule has 1 aromatic rings. The van der Waals surface area contributed by atoms with Crippen molar-refractivity contribution in [3.05, 3.63) is 33.5 Å². The molecule has 0 saturated heterocycles.